The van der Waals surface area contributed by atoms with E-state index in [-0.39, 0.29) is 0 Å². The minimum atomic E-state index is -0.548. The van der Waals surface area contributed by atoms with E-state index in [2.05, 4.69) is 31.2 Å². The molecular formula is C17H13BrN4O2. The average molecular weight is 385 g/mol. The Kier molecular flexibility index (Phi) is 3.66. The number of rotatable bonds is 3. The Morgan fingerprint density at radius 1 is 1.25 bits per heavy atom. The molecule has 4 rings (SSSR count). The maximum Gasteiger partial charge on any atom is 0.260 e. The number of aromatic nitrogens is 4. The molecule has 0 radical (unpaired) electrons. The molecule has 6 nitrogen and oxygen atoms in total. The molecule has 4 aromatic rings. The first kappa shape index (κ1) is 15.0. The summed E-state index contributed by atoms with van der Waals surface area (Å²) in [5, 5.41) is 18.0. The van der Waals surface area contributed by atoms with Crippen molar-refractivity contribution in [2.24, 2.45) is 0 Å². The van der Waals surface area contributed by atoms with Gasteiger partial charge in [0.15, 0.2) is 0 Å². The fourth-order valence-corrected chi connectivity index (χ4v) is 3.05. The van der Waals surface area contributed by atoms with Crippen molar-refractivity contribution in [3.05, 3.63) is 58.8 Å². The second-order valence-corrected chi connectivity index (χ2v) is 6.29. The lowest BCUT2D eigenvalue weighted by Gasteiger charge is -2.04. The molecule has 1 aromatic carbocycles. The zero-order valence-corrected chi connectivity index (χ0v) is 14.3. The van der Waals surface area contributed by atoms with Gasteiger partial charge in [-0.2, -0.15) is 10.1 Å². The Hall–Kier alpha value is -2.51. The maximum absolute atomic E-state index is 9.72. The fourth-order valence-electron chi connectivity index (χ4n) is 2.57. The van der Waals surface area contributed by atoms with E-state index >= 15 is 0 Å². The van der Waals surface area contributed by atoms with Crippen molar-refractivity contribution >= 4 is 21.4 Å². The first-order valence-corrected chi connectivity index (χ1v) is 8.17. The summed E-state index contributed by atoms with van der Waals surface area (Å²) in [5.74, 6) is 0.893. The third-order valence-corrected chi connectivity index (χ3v) is 4.36. The van der Waals surface area contributed by atoms with Gasteiger partial charge >= 0.3 is 0 Å². The van der Waals surface area contributed by atoms with Crippen molar-refractivity contribution in [2.75, 3.05) is 0 Å². The smallest absolute Gasteiger partial charge is 0.260 e. The number of hydrogen-bond acceptors (Lipinski definition) is 5. The predicted molar refractivity (Wildman–Crippen MR) is 92.3 cm³/mol. The van der Waals surface area contributed by atoms with Gasteiger partial charge in [0.2, 0.25) is 5.82 Å². The zero-order chi connectivity index (χ0) is 16.7. The first-order valence-electron chi connectivity index (χ1n) is 7.38. The second kappa shape index (κ2) is 5.85. The molecule has 0 aliphatic rings. The van der Waals surface area contributed by atoms with E-state index in [0.717, 1.165) is 26.7 Å². The Labute approximate surface area is 145 Å². The third-order valence-electron chi connectivity index (χ3n) is 3.78. The molecule has 1 atom stereocenters. The summed E-state index contributed by atoms with van der Waals surface area (Å²) in [6.07, 6.45) is 3.03. The van der Waals surface area contributed by atoms with Crippen LogP contribution in [0.2, 0.25) is 0 Å². The topological polar surface area (TPSA) is 76.5 Å². The van der Waals surface area contributed by atoms with Crippen LogP contribution in [0.4, 0.5) is 0 Å². The number of benzene rings is 1. The molecule has 0 fully saturated rings. The average Bonchev–Trinajstić information content (AvgIpc) is 3.22. The van der Waals surface area contributed by atoms with Crippen LogP contribution < -0.4 is 0 Å². The minimum Gasteiger partial charge on any atom is -0.389 e. The molecule has 3 aromatic heterocycles. The number of aliphatic hydroxyl groups excluding tert-OH is 1. The van der Waals surface area contributed by atoms with E-state index in [9.17, 15) is 5.11 Å². The van der Waals surface area contributed by atoms with Crippen molar-refractivity contribution in [1.29, 1.82) is 0 Å². The second-order valence-electron chi connectivity index (χ2n) is 5.43. The number of hydrogen-bond donors (Lipinski definition) is 1. The van der Waals surface area contributed by atoms with Gasteiger partial charge in [0.05, 0.1) is 27.9 Å². The SMILES string of the molecule is C[C@@H](O)c1cccc(-c2noc(-c3cccn4ncc(Br)c34)n2)c1. The summed E-state index contributed by atoms with van der Waals surface area (Å²) in [6.45, 7) is 1.72. The van der Waals surface area contributed by atoms with Crippen LogP contribution >= 0.6 is 15.9 Å². The van der Waals surface area contributed by atoms with E-state index in [1.165, 1.54) is 0 Å². The molecule has 0 bridgehead atoms. The molecule has 0 unspecified atom stereocenters. The Morgan fingerprint density at radius 2 is 2.12 bits per heavy atom. The number of pyridine rings is 1. The standard InChI is InChI=1S/C17H13BrN4O2/c1-10(23)11-4-2-5-12(8-11)16-20-17(24-21-16)13-6-3-7-22-15(13)14(18)9-19-22/h2-10,23H,1H3/t10-/m1/s1. The largest absolute Gasteiger partial charge is 0.389 e. The van der Waals surface area contributed by atoms with Crippen molar-refractivity contribution in [3.8, 4) is 22.8 Å². The quantitative estimate of drug-likeness (QED) is 0.580. The van der Waals surface area contributed by atoms with Gasteiger partial charge in [-0.15, -0.1) is 0 Å². The monoisotopic (exact) mass is 384 g/mol. The Morgan fingerprint density at radius 3 is 2.96 bits per heavy atom. The van der Waals surface area contributed by atoms with Crippen molar-refractivity contribution in [2.45, 2.75) is 13.0 Å². The van der Waals surface area contributed by atoms with Crippen LogP contribution in [-0.2, 0) is 0 Å². The van der Waals surface area contributed by atoms with Crippen LogP contribution in [0.1, 0.15) is 18.6 Å². The molecule has 0 saturated heterocycles. The molecule has 0 aliphatic heterocycles. The van der Waals surface area contributed by atoms with Crippen LogP contribution in [0.15, 0.2) is 57.8 Å². The number of aliphatic hydroxyl groups is 1. The van der Waals surface area contributed by atoms with Crippen molar-refractivity contribution in [3.63, 3.8) is 0 Å². The lowest BCUT2D eigenvalue weighted by Crippen LogP contribution is -1.92. The van der Waals surface area contributed by atoms with E-state index in [4.69, 9.17) is 4.52 Å². The lowest BCUT2D eigenvalue weighted by atomic mass is 10.1. The number of halogens is 1. The van der Waals surface area contributed by atoms with Gasteiger partial charge in [0, 0.05) is 11.8 Å². The number of fused-ring (bicyclic) bond motifs is 1. The molecule has 24 heavy (non-hydrogen) atoms. The van der Waals surface area contributed by atoms with E-state index in [0.29, 0.717) is 11.7 Å². The van der Waals surface area contributed by atoms with Gasteiger partial charge in [-0.3, -0.25) is 0 Å². The predicted octanol–water partition coefficient (Wildman–Crippen LogP) is 3.87. The summed E-state index contributed by atoms with van der Waals surface area (Å²) < 4.78 is 8.06. The maximum atomic E-state index is 9.72. The van der Waals surface area contributed by atoms with Gasteiger partial charge in [-0.25, -0.2) is 4.52 Å². The van der Waals surface area contributed by atoms with E-state index < -0.39 is 6.10 Å². The van der Waals surface area contributed by atoms with E-state index in [1.807, 2.05) is 42.6 Å². The van der Waals surface area contributed by atoms with Crippen molar-refractivity contribution in [1.82, 2.24) is 19.8 Å². The molecule has 0 saturated carbocycles. The van der Waals surface area contributed by atoms with E-state index in [1.54, 1.807) is 17.6 Å². The van der Waals surface area contributed by atoms with Gasteiger partial charge in [0.25, 0.3) is 5.89 Å². The summed E-state index contributed by atoms with van der Waals surface area (Å²) in [7, 11) is 0. The molecular weight excluding hydrogens is 372 g/mol. The van der Waals surface area contributed by atoms with Gasteiger partial charge in [-0.05, 0) is 46.6 Å². The summed E-state index contributed by atoms with van der Waals surface area (Å²) >= 11 is 3.49. The molecule has 0 amide bonds. The summed E-state index contributed by atoms with van der Waals surface area (Å²) in [6, 6.07) is 11.2. The Balaban J connectivity index is 1.80. The lowest BCUT2D eigenvalue weighted by molar-refractivity contribution is 0.199. The van der Waals surface area contributed by atoms with Crippen LogP contribution in [-0.4, -0.2) is 24.9 Å². The number of nitrogens with zero attached hydrogens (tertiary/aromatic N) is 4. The fraction of sp³-hybridized carbons (Fsp3) is 0.118. The van der Waals surface area contributed by atoms with Crippen LogP contribution in [0, 0.1) is 0 Å². The third kappa shape index (κ3) is 2.51. The van der Waals surface area contributed by atoms with Crippen LogP contribution in [0.25, 0.3) is 28.4 Å². The van der Waals surface area contributed by atoms with Crippen molar-refractivity contribution < 1.29 is 9.63 Å². The summed E-state index contributed by atoms with van der Waals surface area (Å²) in [4.78, 5) is 4.50. The summed E-state index contributed by atoms with van der Waals surface area (Å²) in [5.41, 5.74) is 3.26. The van der Waals surface area contributed by atoms with Gasteiger partial charge < -0.3 is 9.63 Å². The molecule has 0 spiro atoms. The molecule has 3 heterocycles. The highest BCUT2D eigenvalue weighted by molar-refractivity contribution is 9.10. The van der Waals surface area contributed by atoms with Crippen LogP contribution in [0.3, 0.4) is 0 Å². The first-order chi connectivity index (χ1) is 11.6. The highest BCUT2D eigenvalue weighted by Crippen LogP contribution is 2.30. The van der Waals surface area contributed by atoms with Crippen LogP contribution in [0.5, 0.6) is 0 Å². The highest BCUT2D eigenvalue weighted by atomic mass is 79.9. The molecule has 0 aliphatic carbocycles. The molecule has 1 N–H and O–H groups in total. The minimum absolute atomic E-state index is 0.416. The zero-order valence-electron chi connectivity index (χ0n) is 12.7. The van der Waals surface area contributed by atoms with Gasteiger partial charge in [-0.1, -0.05) is 23.4 Å². The molecule has 7 heteroatoms. The highest BCUT2D eigenvalue weighted by Gasteiger charge is 2.16. The Bertz CT molecular complexity index is 1020. The molecule has 120 valence electrons. The van der Waals surface area contributed by atoms with Gasteiger partial charge in [0.1, 0.15) is 0 Å². The normalized spacial score (nSPS) is 12.6.